The van der Waals surface area contributed by atoms with Crippen LogP contribution in [0.1, 0.15) is 0 Å². The molecular formula is C13H12Cl2N2O3. The number of hydrogen-bond acceptors (Lipinski definition) is 4. The Morgan fingerprint density at radius 2 is 2.20 bits per heavy atom. The lowest BCUT2D eigenvalue weighted by atomic mass is 10.2. The van der Waals surface area contributed by atoms with E-state index in [1.54, 1.807) is 12.1 Å². The number of fused-ring (bicyclic) bond motifs is 1. The molecule has 0 amide bonds. The van der Waals surface area contributed by atoms with Crippen LogP contribution in [0.2, 0.25) is 10.0 Å². The molecule has 0 bridgehead atoms. The minimum atomic E-state index is -0.187. The molecule has 0 radical (unpaired) electrons. The first-order valence-corrected chi connectivity index (χ1v) is 6.94. The lowest BCUT2D eigenvalue weighted by Gasteiger charge is -2.23. The average Bonchev–Trinajstić information content (AvgIpc) is 2.43. The van der Waals surface area contributed by atoms with Crippen LogP contribution in [-0.2, 0) is 16.0 Å². The molecule has 0 spiro atoms. The number of aromatic nitrogens is 2. The average molecular weight is 315 g/mol. The maximum Gasteiger partial charge on any atom is 0.261 e. The molecule has 20 heavy (non-hydrogen) atoms. The van der Waals surface area contributed by atoms with E-state index in [0.29, 0.717) is 47.3 Å². The quantitative estimate of drug-likeness (QED) is 0.852. The highest BCUT2D eigenvalue weighted by Gasteiger charge is 2.17. The summed E-state index contributed by atoms with van der Waals surface area (Å²) in [6.45, 7) is 2.00. The van der Waals surface area contributed by atoms with Gasteiger partial charge in [-0.2, -0.15) is 0 Å². The van der Waals surface area contributed by atoms with Crippen molar-refractivity contribution in [3.63, 3.8) is 0 Å². The highest BCUT2D eigenvalue weighted by atomic mass is 35.5. The van der Waals surface area contributed by atoms with Crippen LogP contribution in [0.3, 0.4) is 0 Å². The van der Waals surface area contributed by atoms with E-state index < -0.39 is 0 Å². The monoisotopic (exact) mass is 314 g/mol. The molecule has 1 atom stereocenters. The predicted molar refractivity (Wildman–Crippen MR) is 76.6 cm³/mol. The van der Waals surface area contributed by atoms with Crippen LogP contribution in [-0.4, -0.2) is 35.5 Å². The summed E-state index contributed by atoms with van der Waals surface area (Å²) in [6.07, 6.45) is 1.33. The van der Waals surface area contributed by atoms with E-state index >= 15 is 0 Å². The fourth-order valence-electron chi connectivity index (χ4n) is 2.19. The number of nitrogens with zero attached hydrogens (tertiary/aromatic N) is 2. The van der Waals surface area contributed by atoms with E-state index in [0.717, 1.165) is 0 Å². The Labute approximate surface area is 125 Å². The molecule has 2 aromatic rings. The summed E-state index contributed by atoms with van der Waals surface area (Å²) >= 11 is 12.0. The highest BCUT2D eigenvalue weighted by Crippen LogP contribution is 2.24. The number of benzene rings is 1. The zero-order chi connectivity index (χ0) is 14.1. The Hall–Kier alpha value is -1.14. The van der Waals surface area contributed by atoms with Crippen molar-refractivity contribution in [3.8, 4) is 0 Å². The first kappa shape index (κ1) is 13.8. The minimum absolute atomic E-state index is 0.143. The Kier molecular flexibility index (Phi) is 3.94. The molecule has 3 rings (SSSR count). The van der Waals surface area contributed by atoms with Gasteiger partial charge in [0.25, 0.3) is 5.56 Å². The van der Waals surface area contributed by atoms with Crippen LogP contribution < -0.4 is 5.56 Å². The van der Waals surface area contributed by atoms with Gasteiger partial charge in [-0.05, 0) is 12.1 Å². The van der Waals surface area contributed by atoms with E-state index in [9.17, 15) is 4.79 Å². The third-order valence-corrected chi connectivity index (χ3v) is 3.64. The minimum Gasteiger partial charge on any atom is -0.376 e. The molecule has 0 saturated carbocycles. The molecule has 1 aromatic heterocycles. The Morgan fingerprint density at radius 3 is 2.95 bits per heavy atom. The van der Waals surface area contributed by atoms with Crippen molar-refractivity contribution >= 4 is 34.1 Å². The van der Waals surface area contributed by atoms with Crippen LogP contribution in [0.25, 0.3) is 10.9 Å². The van der Waals surface area contributed by atoms with Crippen molar-refractivity contribution < 1.29 is 9.47 Å². The summed E-state index contributed by atoms with van der Waals surface area (Å²) in [5.41, 5.74) is 0.270. The van der Waals surface area contributed by atoms with Crippen molar-refractivity contribution in [3.05, 3.63) is 38.9 Å². The van der Waals surface area contributed by atoms with Crippen molar-refractivity contribution in [1.29, 1.82) is 0 Å². The lowest BCUT2D eigenvalue weighted by Crippen LogP contribution is -2.35. The van der Waals surface area contributed by atoms with Crippen molar-refractivity contribution in [1.82, 2.24) is 9.55 Å². The smallest absolute Gasteiger partial charge is 0.261 e. The highest BCUT2D eigenvalue weighted by molar-refractivity contribution is 6.38. The van der Waals surface area contributed by atoms with Gasteiger partial charge >= 0.3 is 0 Å². The first-order chi connectivity index (χ1) is 9.65. The normalized spacial score (nSPS) is 19.4. The van der Waals surface area contributed by atoms with Crippen LogP contribution >= 0.6 is 23.2 Å². The Bertz CT molecular complexity index is 696. The van der Waals surface area contributed by atoms with Crippen LogP contribution in [0.5, 0.6) is 0 Å². The van der Waals surface area contributed by atoms with E-state index in [-0.39, 0.29) is 11.7 Å². The molecule has 1 saturated heterocycles. The summed E-state index contributed by atoms with van der Waals surface area (Å²) in [6, 6.07) is 3.15. The van der Waals surface area contributed by atoms with E-state index in [1.807, 2.05) is 0 Å². The van der Waals surface area contributed by atoms with Gasteiger partial charge in [-0.15, -0.1) is 0 Å². The van der Waals surface area contributed by atoms with Crippen molar-refractivity contribution in [2.24, 2.45) is 0 Å². The molecule has 7 heteroatoms. The third-order valence-electron chi connectivity index (χ3n) is 3.13. The van der Waals surface area contributed by atoms with E-state index in [4.69, 9.17) is 32.7 Å². The predicted octanol–water partition coefficient (Wildman–Crippen LogP) is 2.12. The SMILES string of the molecule is O=c1c2cc(Cl)cc(Cl)c2ncn1C[C@H]1COCCO1. The molecule has 1 aliphatic rings. The van der Waals surface area contributed by atoms with Crippen LogP contribution in [0.15, 0.2) is 23.3 Å². The second-order valence-corrected chi connectivity index (χ2v) is 5.40. The maximum atomic E-state index is 12.4. The number of ether oxygens (including phenoxy) is 2. The van der Waals surface area contributed by atoms with Gasteiger partial charge in [-0.3, -0.25) is 9.36 Å². The van der Waals surface area contributed by atoms with E-state index in [2.05, 4.69) is 4.98 Å². The van der Waals surface area contributed by atoms with Gasteiger partial charge in [0.1, 0.15) is 0 Å². The van der Waals surface area contributed by atoms with Crippen molar-refractivity contribution in [2.45, 2.75) is 12.6 Å². The largest absolute Gasteiger partial charge is 0.376 e. The maximum absolute atomic E-state index is 12.4. The second-order valence-electron chi connectivity index (χ2n) is 4.55. The molecule has 0 aliphatic carbocycles. The Balaban J connectivity index is 2.00. The molecule has 106 valence electrons. The van der Waals surface area contributed by atoms with Gasteiger partial charge in [0.05, 0.1) is 54.7 Å². The summed E-state index contributed by atoms with van der Waals surface area (Å²) in [7, 11) is 0. The fourth-order valence-corrected chi connectivity index (χ4v) is 2.73. The topological polar surface area (TPSA) is 53.4 Å². The fraction of sp³-hybridized carbons (Fsp3) is 0.385. The van der Waals surface area contributed by atoms with Gasteiger partial charge in [0.15, 0.2) is 0 Å². The van der Waals surface area contributed by atoms with Gasteiger partial charge in [-0.1, -0.05) is 23.2 Å². The molecular weight excluding hydrogens is 303 g/mol. The molecule has 1 aliphatic heterocycles. The zero-order valence-electron chi connectivity index (χ0n) is 10.5. The van der Waals surface area contributed by atoms with E-state index in [1.165, 1.54) is 10.9 Å². The molecule has 0 N–H and O–H groups in total. The molecule has 2 heterocycles. The zero-order valence-corrected chi connectivity index (χ0v) is 12.0. The number of halogens is 2. The van der Waals surface area contributed by atoms with Gasteiger partial charge in [-0.25, -0.2) is 4.98 Å². The molecule has 5 nitrogen and oxygen atoms in total. The van der Waals surface area contributed by atoms with Crippen LogP contribution in [0.4, 0.5) is 0 Å². The Morgan fingerprint density at radius 1 is 1.35 bits per heavy atom. The molecule has 1 fully saturated rings. The molecule has 0 unspecified atom stereocenters. The van der Waals surface area contributed by atoms with Gasteiger partial charge in [0, 0.05) is 5.02 Å². The lowest BCUT2D eigenvalue weighted by molar-refractivity contribution is -0.0939. The summed E-state index contributed by atoms with van der Waals surface area (Å²) in [5, 5.41) is 1.19. The first-order valence-electron chi connectivity index (χ1n) is 6.18. The third kappa shape index (κ3) is 2.67. The number of hydrogen-bond donors (Lipinski definition) is 0. The van der Waals surface area contributed by atoms with Crippen molar-refractivity contribution in [2.75, 3.05) is 19.8 Å². The summed E-state index contributed by atoms with van der Waals surface area (Å²) in [5.74, 6) is 0. The van der Waals surface area contributed by atoms with Gasteiger partial charge < -0.3 is 9.47 Å². The summed E-state index contributed by atoms with van der Waals surface area (Å²) < 4.78 is 12.3. The van der Waals surface area contributed by atoms with Gasteiger partial charge in [0.2, 0.25) is 0 Å². The summed E-state index contributed by atoms with van der Waals surface area (Å²) in [4.78, 5) is 16.6. The second kappa shape index (κ2) is 5.69. The standard InChI is InChI=1S/C13H12Cl2N2O3/c14-8-3-10-12(11(15)4-8)16-7-17(13(10)18)5-9-6-19-1-2-20-9/h3-4,7,9H,1-2,5-6H2/t9-/m0/s1. The number of rotatable bonds is 2. The molecule has 1 aromatic carbocycles. The van der Waals surface area contributed by atoms with Crippen LogP contribution in [0, 0.1) is 0 Å².